The molecule has 1 aromatic carbocycles. The minimum absolute atomic E-state index is 0.0459. The number of nitrogens with zero attached hydrogens (tertiary/aromatic N) is 2. The molecular weight excluding hydrogens is 318 g/mol. The van der Waals surface area contributed by atoms with E-state index < -0.39 is 0 Å². The molecule has 1 amide bonds. The van der Waals surface area contributed by atoms with Gasteiger partial charge < -0.3 is 5.32 Å². The van der Waals surface area contributed by atoms with Gasteiger partial charge in [-0.25, -0.2) is 4.98 Å². The molecule has 4 rings (SSSR count). The van der Waals surface area contributed by atoms with E-state index in [4.69, 9.17) is 0 Å². The van der Waals surface area contributed by atoms with Gasteiger partial charge in [0.2, 0.25) is 0 Å². The molecule has 1 N–H and O–H groups in total. The number of thiazole rings is 1. The summed E-state index contributed by atoms with van der Waals surface area (Å²) in [6.45, 7) is 4.24. The van der Waals surface area contributed by atoms with E-state index in [1.54, 1.807) is 0 Å². The predicted molar refractivity (Wildman–Crippen MR) is 97.4 cm³/mol. The van der Waals surface area contributed by atoms with E-state index in [0.29, 0.717) is 12.1 Å². The highest BCUT2D eigenvalue weighted by Crippen LogP contribution is 2.30. The van der Waals surface area contributed by atoms with E-state index in [0.717, 1.165) is 34.1 Å². The Kier molecular flexibility index (Phi) is 4.37. The first-order chi connectivity index (χ1) is 11.7. The smallest absolute Gasteiger partial charge is 0.263 e. The predicted octanol–water partition coefficient (Wildman–Crippen LogP) is 3.48. The lowest BCUT2D eigenvalue weighted by Gasteiger charge is -2.32. The summed E-state index contributed by atoms with van der Waals surface area (Å²) >= 11 is 1.50. The average molecular weight is 341 g/mol. The lowest BCUT2D eigenvalue weighted by atomic mass is 9.99. The number of carbonyl (C=O) groups excluding carboxylic acids is 1. The molecule has 2 atom stereocenters. The molecule has 2 saturated heterocycles. The van der Waals surface area contributed by atoms with Crippen LogP contribution >= 0.6 is 11.3 Å². The molecule has 3 heterocycles. The third-order valence-electron chi connectivity index (χ3n) is 5.20. The molecule has 2 aliphatic rings. The highest BCUT2D eigenvalue weighted by molar-refractivity contribution is 7.17. The van der Waals surface area contributed by atoms with Crippen LogP contribution in [0.5, 0.6) is 0 Å². The fraction of sp³-hybridized carbons (Fsp3) is 0.474. The number of hydrogen-bond donors (Lipinski definition) is 1. The Morgan fingerprint density at radius 1 is 1.21 bits per heavy atom. The van der Waals surface area contributed by atoms with Crippen LogP contribution in [0, 0.1) is 6.92 Å². The van der Waals surface area contributed by atoms with Gasteiger partial charge in [-0.05, 0) is 32.7 Å². The maximum Gasteiger partial charge on any atom is 0.263 e. The first kappa shape index (κ1) is 15.8. The SMILES string of the molecule is Cc1nc(-c2ccccc2)sc1C(=O)N[C@H]1CCN2CCCC[C@@H]12. The monoisotopic (exact) mass is 341 g/mol. The number of hydrogen-bond acceptors (Lipinski definition) is 4. The Bertz CT molecular complexity index is 727. The van der Waals surface area contributed by atoms with E-state index in [9.17, 15) is 4.79 Å². The number of piperidine rings is 1. The van der Waals surface area contributed by atoms with Crippen LogP contribution in [-0.2, 0) is 0 Å². The van der Waals surface area contributed by atoms with Gasteiger partial charge in [0.05, 0.1) is 5.69 Å². The van der Waals surface area contributed by atoms with Gasteiger partial charge in [-0.2, -0.15) is 0 Å². The molecule has 0 spiro atoms. The van der Waals surface area contributed by atoms with E-state index in [2.05, 4.69) is 15.2 Å². The molecule has 0 bridgehead atoms. The van der Waals surface area contributed by atoms with Crippen molar-refractivity contribution in [3.8, 4) is 10.6 Å². The Morgan fingerprint density at radius 3 is 2.88 bits per heavy atom. The van der Waals surface area contributed by atoms with Crippen molar-refractivity contribution in [2.75, 3.05) is 13.1 Å². The quantitative estimate of drug-likeness (QED) is 0.930. The van der Waals surface area contributed by atoms with Crippen LogP contribution in [0.25, 0.3) is 10.6 Å². The number of aromatic nitrogens is 1. The molecule has 126 valence electrons. The molecular formula is C19H23N3OS. The molecule has 5 heteroatoms. The van der Waals surface area contributed by atoms with Gasteiger partial charge in [0.25, 0.3) is 5.91 Å². The van der Waals surface area contributed by atoms with Gasteiger partial charge in [-0.3, -0.25) is 9.69 Å². The number of rotatable bonds is 3. The van der Waals surface area contributed by atoms with Crippen molar-refractivity contribution in [3.05, 3.63) is 40.9 Å². The second-order valence-corrected chi connectivity index (χ2v) is 7.77. The Balaban J connectivity index is 1.50. The van der Waals surface area contributed by atoms with E-state index >= 15 is 0 Å². The van der Waals surface area contributed by atoms with Crippen LogP contribution in [0.4, 0.5) is 0 Å². The van der Waals surface area contributed by atoms with Gasteiger partial charge in [-0.15, -0.1) is 11.3 Å². The zero-order chi connectivity index (χ0) is 16.5. The van der Waals surface area contributed by atoms with Crippen LogP contribution in [0.3, 0.4) is 0 Å². The minimum atomic E-state index is 0.0459. The molecule has 2 aromatic rings. The summed E-state index contributed by atoms with van der Waals surface area (Å²) in [6.07, 6.45) is 4.86. The normalized spacial score (nSPS) is 23.9. The zero-order valence-corrected chi connectivity index (χ0v) is 14.8. The van der Waals surface area contributed by atoms with Gasteiger partial charge in [0.1, 0.15) is 9.88 Å². The van der Waals surface area contributed by atoms with Crippen molar-refractivity contribution in [2.45, 2.75) is 44.7 Å². The van der Waals surface area contributed by atoms with Crippen LogP contribution < -0.4 is 5.32 Å². The van der Waals surface area contributed by atoms with Crippen LogP contribution in [0.2, 0.25) is 0 Å². The standard InChI is InChI=1S/C19H23N3OS/c1-13-17(24-19(20-13)14-7-3-2-4-8-14)18(23)21-15-10-12-22-11-6-5-9-16(15)22/h2-4,7-8,15-16H,5-6,9-12H2,1H3,(H,21,23)/t15-,16-/m0/s1. The van der Waals surface area contributed by atoms with Gasteiger partial charge in [0, 0.05) is 24.2 Å². The van der Waals surface area contributed by atoms with E-state index in [1.165, 1.54) is 37.1 Å². The molecule has 0 saturated carbocycles. The topological polar surface area (TPSA) is 45.2 Å². The van der Waals surface area contributed by atoms with Crippen molar-refractivity contribution < 1.29 is 4.79 Å². The van der Waals surface area contributed by atoms with Crippen LogP contribution in [-0.4, -0.2) is 41.0 Å². The first-order valence-corrected chi connectivity index (χ1v) is 9.62. The average Bonchev–Trinajstić information content (AvgIpc) is 3.20. The fourth-order valence-corrected chi connectivity index (χ4v) is 4.94. The van der Waals surface area contributed by atoms with E-state index in [-0.39, 0.29) is 5.91 Å². The molecule has 4 nitrogen and oxygen atoms in total. The number of amides is 1. The van der Waals surface area contributed by atoms with Gasteiger partial charge >= 0.3 is 0 Å². The molecule has 0 unspecified atom stereocenters. The number of aryl methyl sites for hydroxylation is 1. The summed E-state index contributed by atoms with van der Waals surface area (Å²) in [5, 5.41) is 4.21. The van der Waals surface area contributed by atoms with Gasteiger partial charge in [0.15, 0.2) is 0 Å². The Labute approximate surface area is 146 Å². The third kappa shape index (κ3) is 2.98. The van der Waals surface area contributed by atoms with Crippen molar-refractivity contribution >= 4 is 17.2 Å². The Hall–Kier alpha value is -1.72. The number of nitrogens with one attached hydrogen (secondary N) is 1. The largest absolute Gasteiger partial charge is 0.347 e. The number of carbonyl (C=O) groups is 1. The molecule has 2 fully saturated rings. The van der Waals surface area contributed by atoms with E-state index in [1.807, 2.05) is 37.3 Å². The molecule has 0 radical (unpaired) electrons. The van der Waals surface area contributed by atoms with Crippen molar-refractivity contribution in [2.24, 2.45) is 0 Å². The number of fused-ring (bicyclic) bond motifs is 1. The van der Waals surface area contributed by atoms with Crippen molar-refractivity contribution in [3.63, 3.8) is 0 Å². The van der Waals surface area contributed by atoms with Gasteiger partial charge in [-0.1, -0.05) is 36.8 Å². The maximum atomic E-state index is 12.8. The summed E-state index contributed by atoms with van der Waals surface area (Å²) < 4.78 is 0. The van der Waals surface area contributed by atoms with Crippen LogP contribution in [0.1, 0.15) is 41.0 Å². The second kappa shape index (κ2) is 6.65. The fourth-order valence-electron chi connectivity index (χ4n) is 3.96. The second-order valence-electron chi connectivity index (χ2n) is 6.77. The lowest BCUT2D eigenvalue weighted by Crippen LogP contribution is -2.46. The molecule has 0 aliphatic carbocycles. The molecule has 2 aliphatic heterocycles. The third-order valence-corrected chi connectivity index (χ3v) is 6.40. The maximum absolute atomic E-state index is 12.8. The summed E-state index contributed by atoms with van der Waals surface area (Å²) in [5.41, 5.74) is 1.90. The summed E-state index contributed by atoms with van der Waals surface area (Å²) in [4.78, 5) is 20.7. The van der Waals surface area contributed by atoms with Crippen LogP contribution in [0.15, 0.2) is 30.3 Å². The van der Waals surface area contributed by atoms with Crippen molar-refractivity contribution in [1.29, 1.82) is 0 Å². The van der Waals surface area contributed by atoms with Crippen molar-refractivity contribution in [1.82, 2.24) is 15.2 Å². The lowest BCUT2D eigenvalue weighted by molar-refractivity contribution is 0.0918. The number of benzene rings is 1. The zero-order valence-electron chi connectivity index (χ0n) is 14.0. The summed E-state index contributed by atoms with van der Waals surface area (Å²) in [5.74, 6) is 0.0459. The highest BCUT2D eigenvalue weighted by Gasteiger charge is 2.36. The minimum Gasteiger partial charge on any atom is -0.347 e. The first-order valence-electron chi connectivity index (χ1n) is 8.80. The molecule has 1 aromatic heterocycles. The molecule has 24 heavy (non-hydrogen) atoms. The summed E-state index contributed by atoms with van der Waals surface area (Å²) in [6, 6.07) is 10.9. The highest BCUT2D eigenvalue weighted by atomic mass is 32.1. The summed E-state index contributed by atoms with van der Waals surface area (Å²) in [7, 11) is 0. The Morgan fingerprint density at radius 2 is 2.04 bits per heavy atom.